The Balaban J connectivity index is 1.57. The van der Waals surface area contributed by atoms with Crippen LogP contribution in [0.2, 0.25) is 0 Å². The van der Waals surface area contributed by atoms with Crippen molar-refractivity contribution in [2.24, 2.45) is 0 Å². The van der Waals surface area contributed by atoms with Crippen LogP contribution in [0, 0.1) is 0 Å². The van der Waals surface area contributed by atoms with Gasteiger partial charge in [0.25, 0.3) is 0 Å². The number of rotatable bonds is 6. The second-order valence-electron chi connectivity index (χ2n) is 6.96. The third kappa shape index (κ3) is 4.15. The van der Waals surface area contributed by atoms with Gasteiger partial charge in [-0.1, -0.05) is 37.1 Å². The second kappa shape index (κ2) is 8.10. The van der Waals surface area contributed by atoms with E-state index >= 15 is 0 Å². The highest BCUT2D eigenvalue weighted by molar-refractivity contribution is 5.77. The van der Waals surface area contributed by atoms with Gasteiger partial charge in [-0.3, -0.25) is 9.69 Å². The van der Waals surface area contributed by atoms with Crippen molar-refractivity contribution >= 4 is 5.91 Å². The largest absolute Gasteiger partial charge is 0.392 e. The maximum Gasteiger partial charge on any atom is 0.222 e. The summed E-state index contributed by atoms with van der Waals surface area (Å²) in [5, 5.41) is 12.3. The van der Waals surface area contributed by atoms with Crippen LogP contribution in [0.15, 0.2) is 24.3 Å². The summed E-state index contributed by atoms with van der Waals surface area (Å²) in [6.07, 6.45) is 5.22. The number of carbonyl (C=O) groups excluding carboxylic acids is 1. The molecule has 24 heavy (non-hydrogen) atoms. The van der Waals surface area contributed by atoms with Gasteiger partial charge in [-0.05, 0) is 24.0 Å². The van der Waals surface area contributed by atoms with Gasteiger partial charge in [0, 0.05) is 31.6 Å². The summed E-state index contributed by atoms with van der Waals surface area (Å²) in [7, 11) is 0. The first kappa shape index (κ1) is 17.4. The molecular weight excluding hydrogens is 304 g/mol. The summed E-state index contributed by atoms with van der Waals surface area (Å²) in [5.74, 6) is 0.123. The second-order valence-corrected chi connectivity index (χ2v) is 6.96. The third-order valence-corrected chi connectivity index (χ3v) is 5.37. The molecule has 1 heterocycles. The van der Waals surface area contributed by atoms with Gasteiger partial charge in [0.05, 0.1) is 19.8 Å². The minimum Gasteiger partial charge on any atom is -0.392 e. The Kier molecular flexibility index (Phi) is 5.87. The van der Waals surface area contributed by atoms with Gasteiger partial charge >= 0.3 is 0 Å². The van der Waals surface area contributed by atoms with Crippen LogP contribution < -0.4 is 5.32 Å². The number of ether oxygens (including phenoxy) is 1. The van der Waals surface area contributed by atoms with E-state index < -0.39 is 0 Å². The van der Waals surface area contributed by atoms with Crippen LogP contribution in [-0.2, 0) is 22.7 Å². The van der Waals surface area contributed by atoms with E-state index in [0.29, 0.717) is 13.0 Å². The molecule has 1 aromatic carbocycles. The quantitative estimate of drug-likeness (QED) is 0.834. The number of nitrogens with one attached hydrogen (secondary N) is 1. The topological polar surface area (TPSA) is 61.8 Å². The molecule has 5 nitrogen and oxygen atoms in total. The molecule has 1 saturated heterocycles. The number of carbonyl (C=O) groups is 1. The smallest absolute Gasteiger partial charge is 0.222 e. The van der Waals surface area contributed by atoms with Crippen molar-refractivity contribution in [3.63, 3.8) is 0 Å². The average molecular weight is 332 g/mol. The summed E-state index contributed by atoms with van der Waals surface area (Å²) >= 11 is 0. The first-order chi connectivity index (χ1) is 11.7. The predicted octanol–water partition coefficient (Wildman–Crippen LogP) is 1.83. The normalized spacial score (nSPS) is 20.9. The molecule has 1 aliphatic carbocycles. The van der Waals surface area contributed by atoms with Gasteiger partial charge in [-0.2, -0.15) is 0 Å². The predicted molar refractivity (Wildman–Crippen MR) is 92.4 cm³/mol. The lowest BCUT2D eigenvalue weighted by Gasteiger charge is -2.43. The number of aliphatic hydroxyl groups is 1. The fourth-order valence-corrected chi connectivity index (χ4v) is 4.08. The summed E-state index contributed by atoms with van der Waals surface area (Å²) in [5.41, 5.74) is 1.94. The zero-order valence-electron chi connectivity index (χ0n) is 14.3. The molecule has 2 aliphatic rings. The van der Waals surface area contributed by atoms with E-state index in [2.05, 4.69) is 10.2 Å². The molecule has 0 aromatic heterocycles. The molecule has 0 radical (unpaired) electrons. The van der Waals surface area contributed by atoms with Crippen molar-refractivity contribution in [2.45, 2.75) is 50.8 Å². The molecule has 1 aromatic rings. The summed E-state index contributed by atoms with van der Waals surface area (Å²) in [4.78, 5) is 15.0. The molecule has 3 rings (SSSR count). The highest BCUT2D eigenvalue weighted by Gasteiger charge is 2.41. The monoisotopic (exact) mass is 332 g/mol. The van der Waals surface area contributed by atoms with Crippen LogP contribution in [0.25, 0.3) is 0 Å². The van der Waals surface area contributed by atoms with Crippen LogP contribution in [-0.4, -0.2) is 47.8 Å². The van der Waals surface area contributed by atoms with Crippen LogP contribution in [0.3, 0.4) is 0 Å². The fraction of sp³-hybridized carbons (Fsp3) is 0.632. The molecule has 2 N–H and O–H groups in total. The number of aliphatic hydroxyl groups excluding tert-OH is 1. The minimum absolute atomic E-state index is 0.0286. The SMILES string of the molecule is O=C(CC1(N2CCOCC2)CCCC1)NCc1cccc(CO)c1. The molecule has 0 unspecified atom stereocenters. The molecular formula is C19H28N2O3. The van der Waals surface area contributed by atoms with Crippen molar-refractivity contribution < 1.29 is 14.6 Å². The van der Waals surface area contributed by atoms with E-state index in [1.54, 1.807) is 0 Å². The number of hydrogen-bond acceptors (Lipinski definition) is 4. The van der Waals surface area contributed by atoms with E-state index in [-0.39, 0.29) is 18.1 Å². The summed E-state index contributed by atoms with van der Waals surface area (Å²) < 4.78 is 5.47. The highest BCUT2D eigenvalue weighted by Crippen LogP contribution is 2.38. The van der Waals surface area contributed by atoms with Crippen LogP contribution in [0.1, 0.15) is 43.2 Å². The Morgan fingerprint density at radius 3 is 2.62 bits per heavy atom. The molecule has 1 aliphatic heterocycles. The fourth-order valence-electron chi connectivity index (χ4n) is 4.08. The zero-order chi connectivity index (χ0) is 16.8. The number of hydrogen-bond donors (Lipinski definition) is 2. The van der Waals surface area contributed by atoms with Crippen LogP contribution >= 0.6 is 0 Å². The van der Waals surface area contributed by atoms with Gasteiger partial charge in [-0.15, -0.1) is 0 Å². The zero-order valence-corrected chi connectivity index (χ0v) is 14.3. The maximum atomic E-state index is 12.6. The van der Waals surface area contributed by atoms with Crippen molar-refractivity contribution in [3.05, 3.63) is 35.4 Å². The van der Waals surface area contributed by atoms with E-state index in [1.807, 2.05) is 24.3 Å². The standard InChI is InChI=1S/C19H28N2O3/c22-15-17-5-3-4-16(12-17)14-20-18(23)13-19(6-1-2-7-19)21-8-10-24-11-9-21/h3-5,12,22H,1-2,6-11,13-15H2,(H,20,23). The molecule has 5 heteroatoms. The Hall–Kier alpha value is -1.43. The lowest BCUT2D eigenvalue weighted by Crippen LogP contribution is -2.53. The molecule has 0 spiro atoms. The lowest BCUT2D eigenvalue weighted by atomic mass is 9.90. The first-order valence-corrected chi connectivity index (χ1v) is 9.00. The van der Waals surface area contributed by atoms with Crippen molar-refractivity contribution in [2.75, 3.05) is 26.3 Å². The van der Waals surface area contributed by atoms with Gasteiger partial charge < -0.3 is 15.2 Å². The molecule has 0 atom stereocenters. The van der Waals surface area contributed by atoms with Gasteiger partial charge in [0.1, 0.15) is 0 Å². The molecule has 2 fully saturated rings. The Morgan fingerprint density at radius 1 is 1.21 bits per heavy atom. The summed E-state index contributed by atoms with van der Waals surface area (Å²) in [6, 6.07) is 7.72. The van der Waals surface area contributed by atoms with E-state index in [4.69, 9.17) is 4.74 Å². The van der Waals surface area contributed by atoms with Crippen LogP contribution in [0.4, 0.5) is 0 Å². The number of nitrogens with zero attached hydrogens (tertiary/aromatic N) is 1. The van der Waals surface area contributed by atoms with Crippen molar-refractivity contribution in [1.29, 1.82) is 0 Å². The Bertz CT molecular complexity index is 549. The van der Waals surface area contributed by atoms with E-state index in [0.717, 1.165) is 50.3 Å². The third-order valence-electron chi connectivity index (χ3n) is 5.37. The van der Waals surface area contributed by atoms with Crippen LogP contribution in [0.5, 0.6) is 0 Å². The average Bonchev–Trinajstić information content (AvgIpc) is 3.10. The number of morpholine rings is 1. The lowest BCUT2D eigenvalue weighted by molar-refractivity contribution is -0.125. The summed E-state index contributed by atoms with van der Waals surface area (Å²) in [6.45, 7) is 3.97. The number of benzene rings is 1. The van der Waals surface area contributed by atoms with Gasteiger partial charge in [0.15, 0.2) is 0 Å². The Labute approximate surface area is 144 Å². The van der Waals surface area contributed by atoms with E-state index in [1.165, 1.54) is 12.8 Å². The molecule has 0 bridgehead atoms. The first-order valence-electron chi connectivity index (χ1n) is 9.00. The maximum absolute atomic E-state index is 12.6. The molecule has 132 valence electrons. The van der Waals surface area contributed by atoms with Gasteiger partial charge in [0.2, 0.25) is 5.91 Å². The van der Waals surface area contributed by atoms with Crippen molar-refractivity contribution in [3.8, 4) is 0 Å². The van der Waals surface area contributed by atoms with E-state index in [9.17, 15) is 9.90 Å². The molecule has 1 amide bonds. The Morgan fingerprint density at radius 2 is 1.92 bits per heavy atom. The highest BCUT2D eigenvalue weighted by atomic mass is 16.5. The van der Waals surface area contributed by atoms with Crippen molar-refractivity contribution in [1.82, 2.24) is 10.2 Å². The minimum atomic E-state index is 0.0286. The molecule has 1 saturated carbocycles. The number of amides is 1. The van der Waals surface area contributed by atoms with Gasteiger partial charge in [-0.25, -0.2) is 0 Å².